The fraction of sp³-hybridized carbons (Fsp3) is 0.375. The number of carbonyl (C=O) groups excluding carboxylic acids is 1. The number of carbonyl (C=O) groups is 1. The maximum absolute atomic E-state index is 12.4. The first-order valence-corrected chi connectivity index (χ1v) is 8.25. The summed E-state index contributed by atoms with van der Waals surface area (Å²) in [6.45, 7) is 10.5. The van der Waals surface area contributed by atoms with E-state index in [1.54, 1.807) is 11.0 Å². The molecule has 1 amide bonds. The van der Waals surface area contributed by atoms with E-state index in [2.05, 4.69) is 6.58 Å². The van der Waals surface area contributed by atoms with E-state index in [1.165, 1.54) is 0 Å². The van der Waals surface area contributed by atoms with Gasteiger partial charge in [-0.1, -0.05) is 48.6 Å². The van der Waals surface area contributed by atoms with Crippen LogP contribution in [0.3, 0.4) is 0 Å². The molecule has 1 rings (SSSR count). The molecule has 0 aliphatic heterocycles. The number of nitrogens with zero attached hydrogens (tertiary/aromatic N) is 2. The van der Waals surface area contributed by atoms with Gasteiger partial charge < -0.3 is 9.80 Å². The van der Waals surface area contributed by atoms with Gasteiger partial charge in [0.15, 0.2) is 0 Å². The Morgan fingerprint density at radius 1 is 1.24 bits per heavy atom. The Morgan fingerprint density at radius 3 is 2.38 bits per heavy atom. The Balaban J connectivity index is 2.69. The summed E-state index contributed by atoms with van der Waals surface area (Å²) in [4.78, 5) is 16.2. The molecular weight excluding hydrogens is 300 g/mol. The van der Waals surface area contributed by atoms with Crippen molar-refractivity contribution in [1.29, 1.82) is 0 Å². The number of hydrogen-bond donors (Lipinski definition) is 0. The van der Waals surface area contributed by atoms with Crippen LogP contribution in [-0.4, -0.2) is 39.0 Å². The molecule has 0 fully saturated rings. The van der Waals surface area contributed by atoms with Gasteiger partial charge in [-0.2, -0.15) is 0 Å². The topological polar surface area (TPSA) is 23.6 Å². The molecule has 5 heteroatoms. The average Bonchev–Trinajstić information content (AvgIpc) is 2.49. The first-order chi connectivity index (χ1) is 10.1. The summed E-state index contributed by atoms with van der Waals surface area (Å²) in [5.74, 6) is 0. The van der Waals surface area contributed by atoms with Gasteiger partial charge in [0, 0.05) is 37.9 Å². The van der Waals surface area contributed by atoms with E-state index in [-0.39, 0.29) is 5.24 Å². The fourth-order valence-electron chi connectivity index (χ4n) is 1.85. The van der Waals surface area contributed by atoms with Gasteiger partial charge in [0.25, 0.3) is 5.24 Å². The Morgan fingerprint density at radius 2 is 1.86 bits per heavy atom. The van der Waals surface area contributed by atoms with Crippen LogP contribution in [0.25, 0.3) is 0 Å². The zero-order valence-electron chi connectivity index (χ0n) is 12.6. The molecule has 0 saturated carbocycles. The average molecular weight is 322 g/mol. The largest absolute Gasteiger partial charge is 0.358 e. The van der Waals surface area contributed by atoms with Crippen molar-refractivity contribution < 1.29 is 4.79 Å². The van der Waals surface area contributed by atoms with Gasteiger partial charge >= 0.3 is 0 Å². The highest BCUT2D eigenvalue weighted by atomic mass is 32.2. The smallest absolute Gasteiger partial charge is 0.289 e. The molecule has 0 aliphatic carbocycles. The van der Waals surface area contributed by atoms with Crippen molar-refractivity contribution in [2.24, 2.45) is 0 Å². The second-order valence-corrected chi connectivity index (χ2v) is 6.05. The lowest BCUT2D eigenvalue weighted by Crippen LogP contribution is -2.32. The van der Waals surface area contributed by atoms with E-state index in [4.69, 9.17) is 12.2 Å². The Labute approximate surface area is 137 Å². The molecule has 0 spiro atoms. The van der Waals surface area contributed by atoms with Gasteiger partial charge in [0.05, 0.1) is 0 Å². The molecule has 0 N–H and O–H groups in total. The first kappa shape index (κ1) is 17.7. The second kappa shape index (κ2) is 9.58. The zero-order valence-corrected chi connectivity index (χ0v) is 14.3. The number of rotatable bonds is 6. The Bertz CT molecular complexity index is 472. The molecule has 0 saturated heterocycles. The van der Waals surface area contributed by atoms with Crippen molar-refractivity contribution in [1.82, 2.24) is 9.80 Å². The highest BCUT2D eigenvalue weighted by molar-refractivity contribution is 8.32. The Hall–Kier alpha value is -1.33. The molecule has 0 heterocycles. The lowest BCUT2D eigenvalue weighted by atomic mass is 10.2. The van der Waals surface area contributed by atoms with Gasteiger partial charge in [0.1, 0.15) is 4.32 Å². The molecular formula is C16H22N2OS2. The third-order valence-corrected chi connectivity index (χ3v) is 4.39. The lowest BCUT2D eigenvalue weighted by Gasteiger charge is -2.24. The van der Waals surface area contributed by atoms with E-state index < -0.39 is 0 Å². The molecule has 0 atom stereocenters. The van der Waals surface area contributed by atoms with E-state index >= 15 is 0 Å². The lowest BCUT2D eigenvalue weighted by molar-refractivity contribution is 0.226. The minimum atomic E-state index is -0.0318. The maximum Gasteiger partial charge on any atom is 0.289 e. The summed E-state index contributed by atoms with van der Waals surface area (Å²) in [6.07, 6.45) is 1.74. The van der Waals surface area contributed by atoms with Crippen LogP contribution in [0.5, 0.6) is 0 Å². The van der Waals surface area contributed by atoms with Crippen LogP contribution >= 0.6 is 24.0 Å². The Kier molecular flexibility index (Phi) is 8.08. The van der Waals surface area contributed by atoms with Gasteiger partial charge in [-0.15, -0.1) is 6.58 Å². The third-order valence-electron chi connectivity index (χ3n) is 3.02. The van der Waals surface area contributed by atoms with Gasteiger partial charge in [-0.05, 0) is 19.4 Å². The normalized spacial score (nSPS) is 10.0. The highest BCUT2D eigenvalue weighted by Crippen LogP contribution is 2.17. The molecule has 114 valence electrons. The predicted molar refractivity (Wildman–Crippen MR) is 95.6 cm³/mol. The van der Waals surface area contributed by atoms with Crippen molar-refractivity contribution in [2.75, 3.05) is 19.6 Å². The summed E-state index contributed by atoms with van der Waals surface area (Å²) in [5.41, 5.74) is 1.10. The van der Waals surface area contributed by atoms with Crippen LogP contribution in [-0.2, 0) is 6.54 Å². The second-order valence-electron chi connectivity index (χ2n) is 4.46. The van der Waals surface area contributed by atoms with Crippen molar-refractivity contribution in [3.05, 3.63) is 48.6 Å². The SMILES string of the molecule is C=CCN(Cc1ccccc1)C(=O)SC(=S)N(CC)CC. The standard InChI is InChI=1S/C16H22N2OS2/c1-4-12-18(13-14-10-8-7-9-11-14)15(19)21-16(20)17(5-2)6-3/h4,7-11H,1,5-6,12-13H2,2-3H3. The first-order valence-electron chi connectivity index (χ1n) is 7.02. The monoisotopic (exact) mass is 322 g/mol. The molecule has 0 aliphatic rings. The molecule has 1 aromatic carbocycles. The number of thiocarbonyl (C=S) groups is 1. The van der Waals surface area contributed by atoms with E-state index in [0.717, 1.165) is 30.4 Å². The summed E-state index contributed by atoms with van der Waals surface area (Å²) >= 11 is 6.45. The van der Waals surface area contributed by atoms with Crippen LogP contribution in [0.2, 0.25) is 0 Å². The summed E-state index contributed by atoms with van der Waals surface area (Å²) in [6, 6.07) is 9.93. The van der Waals surface area contributed by atoms with Crippen LogP contribution in [0.1, 0.15) is 19.4 Å². The fourth-order valence-corrected chi connectivity index (χ4v) is 3.13. The minimum absolute atomic E-state index is 0.0318. The van der Waals surface area contributed by atoms with Crippen LogP contribution in [0.4, 0.5) is 4.79 Å². The number of amides is 1. The van der Waals surface area contributed by atoms with Crippen LogP contribution in [0.15, 0.2) is 43.0 Å². The maximum atomic E-state index is 12.4. The van der Waals surface area contributed by atoms with Gasteiger partial charge in [-0.25, -0.2) is 0 Å². The number of benzene rings is 1. The minimum Gasteiger partial charge on any atom is -0.358 e. The van der Waals surface area contributed by atoms with Crippen molar-refractivity contribution >= 4 is 33.5 Å². The zero-order chi connectivity index (χ0) is 15.7. The molecule has 21 heavy (non-hydrogen) atoms. The van der Waals surface area contributed by atoms with Gasteiger partial charge in [0.2, 0.25) is 0 Å². The van der Waals surface area contributed by atoms with E-state index in [9.17, 15) is 4.79 Å². The summed E-state index contributed by atoms with van der Waals surface area (Å²) in [5, 5.41) is -0.0318. The summed E-state index contributed by atoms with van der Waals surface area (Å²) < 4.78 is 0.632. The van der Waals surface area contributed by atoms with Crippen molar-refractivity contribution in [3.63, 3.8) is 0 Å². The quantitative estimate of drug-likeness (QED) is 0.580. The van der Waals surface area contributed by atoms with Crippen molar-refractivity contribution in [3.8, 4) is 0 Å². The third kappa shape index (κ3) is 5.89. The van der Waals surface area contributed by atoms with Gasteiger partial charge in [-0.3, -0.25) is 4.79 Å². The number of thioether (sulfide) groups is 1. The van der Waals surface area contributed by atoms with E-state index in [1.807, 2.05) is 49.1 Å². The summed E-state index contributed by atoms with van der Waals surface area (Å²) in [7, 11) is 0. The highest BCUT2D eigenvalue weighted by Gasteiger charge is 2.18. The molecule has 0 aromatic heterocycles. The van der Waals surface area contributed by atoms with Crippen molar-refractivity contribution in [2.45, 2.75) is 20.4 Å². The molecule has 0 bridgehead atoms. The number of hydrogen-bond acceptors (Lipinski definition) is 3. The molecule has 3 nitrogen and oxygen atoms in total. The molecule has 0 unspecified atom stereocenters. The molecule has 0 radical (unpaired) electrons. The molecule has 1 aromatic rings. The van der Waals surface area contributed by atoms with E-state index in [0.29, 0.717) is 17.4 Å². The predicted octanol–water partition coefficient (Wildman–Crippen LogP) is 4.15. The van der Waals surface area contributed by atoms with Crippen LogP contribution in [0, 0.1) is 0 Å². The van der Waals surface area contributed by atoms with Crippen LogP contribution < -0.4 is 0 Å².